The van der Waals surface area contributed by atoms with Gasteiger partial charge in [0.15, 0.2) is 0 Å². The molecular formula is C17H12N2O2. The van der Waals surface area contributed by atoms with E-state index >= 15 is 0 Å². The van der Waals surface area contributed by atoms with Crippen LogP contribution in [0.1, 0.15) is 5.56 Å². The number of para-hydroxylation sites is 1. The van der Waals surface area contributed by atoms with Crippen LogP contribution in [0.3, 0.4) is 0 Å². The van der Waals surface area contributed by atoms with Crippen molar-refractivity contribution in [2.75, 3.05) is 0 Å². The second-order valence-corrected chi connectivity index (χ2v) is 4.70. The van der Waals surface area contributed by atoms with Crippen molar-refractivity contribution in [1.29, 1.82) is 0 Å². The van der Waals surface area contributed by atoms with E-state index in [-0.39, 0.29) is 12.2 Å². The van der Waals surface area contributed by atoms with Crippen molar-refractivity contribution in [3.8, 4) is 11.1 Å². The van der Waals surface area contributed by atoms with Gasteiger partial charge in [-0.3, -0.25) is 4.79 Å². The van der Waals surface area contributed by atoms with Gasteiger partial charge in [-0.1, -0.05) is 48.5 Å². The van der Waals surface area contributed by atoms with Gasteiger partial charge >= 0.3 is 6.21 Å². The average Bonchev–Trinajstić information content (AvgIpc) is 2.93. The Kier molecular flexibility index (Phi) is 3.46. The summed E-state index contributed by atoms with van der Waals surface area (Å²) < 4.78 is 5.65. The van der Waals surface area contributed by atoms with Crippen LogP contribution in [-0.2, 0) is 11.2 Å². The monoisotopic (exact) mass is 276 g/mol. The molecule has 3 aromatic rings. The van der Waals surface area contributed by atoms with Crippen LogP contribution < -0.4 is 0 Å². The second-order valence-electron chi connectivity index (χ2n) is 4.70. The molecule has 1 aromatic heterocycles. The van der Waals surface area contributed by atoms with Crippen LogP contribution in [0, 0.1) is 0 Å². The van der Waals surface area contributed by atoms with E-state index < -0.39 is 0 Å². The molecule has 0 saturated carbocycles. The molecule has 1 heterocycles. The van der Waals surface area contributed by atoms with Crippen LogP contribution in [-0.4, -0.2) is 16.8 Å². The summed E-state index contributed by atoms with van der Waals surface area (Å²) in [6, 6.07) is 15.6. The quantitative estimate of drug-likeness (QED) is 0.415. The average molecular weight is 276 g/mol. The summed E-state index contributed by atoms with van der Waals surface area (Å²) in [6.45, 7) is 0. The molecule has 2 aromatic carbocycles. The Hall–Kier alpha value is -2.97. The summed E-state index contributed by atoms with van der Waals surface area (Å²) in [5, 5.41) is 0.965. The Labute approximate surface area is 121 Å². The predicted octanol–water partition coefficient (Wildman–Crippen LogP) is 3.51. The van der Waals surface area contributed by atoms with Crippen molar-refractivity contribution in [3.63, 3.8) is 0 Å². The van der Waals surface area contributed by atoms with E-state index in [0.29, 0.717) is 5.58 Å². The van der Waals surface area contributed by atoms with Gasteiger partial charge in [-0.25, -0.2) is 0 Å². The number of ketones is 1. The largest absolute Gasteiger partial charge is 0.463 e. The Balaban J connectivity index is 2.08. The first-order chi connectivity index (χ1) is 10.3. The van der Waals surface area contributed by atoms with Crippen LogP contribution in [0.4, 0.5) is 0 Å². The Morgan fingerprint density at radius 2 is 1.95 bits per heavy atom. The van der Waals surface area contributed by atoms with Crippen LogP contribution in [0.2, 0.25) is 0 Å². The molecule has 0 aliphatic heterocycles. The van der Waals surface area contributed by atoms with Gasteiger partial charge in [0.2, 0.25) is 5.78 Å². The maximum atomic E-state index is 11.6. The van der Waals surface area contributed by atoms with Gasteiger partial charge in [-0.2, -0.15) is 4.79 Å². The molecule has 0 spiro atoms. The number of benzene rings is 2. The van der Waals surface area contributed by atoms with E-state index in [1.807, 2.05) is 48.5 Å². The second kappa shape index (κ2) is 5.57. The lowest BCUT2D eigenvalue weighted by molar-refractivity contribution is -0.115. The highest BCUT2D eigenvalue weighted by Crippen LogP contribution is 2.32. The van der Waals surface area contributed by atoms with Crippen LogP contribution in [0.15, 0.2) is 59.2 Å². The summed E-state index contributed by atoms with van der Waals surface area (Å²) >= 11 is 0. The summed E-state index contributed by atoms with van der Waals surface area (Å²) in [5.41, 5.74) is 11.9. The maximum absolute atomic E-state index is 11.6. The fourth-order valence-electron chi connectivity index (χ4n) is 2.40. The lowest BCUT2D eigenvalue weighted by atomic mass is 10.0. The molecule has 0 fully saturated rings. The fourth-order valence-corrected chi connectivity index (χ4v) is 2.40. The first kappa shape index (κ1) is 13.0. The van der Waals surface area contributed by atoms with Crippen molar-refractivity contribution in [1.82, 2.24) is 0 Å². The Morgan fingerprint density at radius 1 is 1.14 bits per heavy atom. The highest BCUT2D eigenvalue weighted by atomic mass is 16.3. The van der Waals surface area contributed by atoms with Gasteiger partial charge in [-0.15, -0.1) is 0 Å². The number of rotatable bonds is 4. The molecule has 0 N–H and O–H groups in total. The zero-order valence-electron chi connectivity index (χ0n) is 11.2. The van der Waals surface area contributed by atoms with E-state index in [0.717, 1.165) is 28.3 Å². The number of Topliss-reactive ketones (excluding diaryl/α,β-unsaturated/α-hetero) is 1. The first-order valence-corrected chi connectivity index (χ1v) is 6.54. The minimum atomic E-state index is -0.275. The zero-order valence-corrected chi connectivity index (χ0v) is 11.2. The van der Waals surface area contributed by atoms with E-state index in [4.69, 9.17) is 9.95 Å². The molecule has 0 aliphatic carbocycles. The number of carbonyl (C=O) groups excluding carboxylic acids is 1. The predicted molar refractivity (Wildman–Crippen MR) is 80.0 cm³/mol. The Morgan fingerprint density at radius 3 is 2.71 bits per heavy atom. The van der Waals surface area contributed by atoms with Gasteiger partial charge in [-0.05, 0) is 5.56 Å². The molecular weight excluding hydrogens is 264 g/mol. The summed E-state index contributed by atoms with van der Waals surface area (Å²) in [5.74, 6) is -0.275. The van der Waals surface area contributed by atoms with Crippen molar-refractivity contribution >= 4 is 23.0 Å². The summed E-state index contributed by atoms with van der Waals surface area (Å²) in [6.07, 6.45) is 2.75. The lowest BCUT2D eigenvalue weighted by Gasteiger charge is -2.00. The van der Waals surface area contributed by atoms with Crippen LogP contribution >= 0.6 is 0 Å². The Bertz CT molecular complexity index is 844. The molecule has 4 heteroatoms. The molecule has 21 heavy (non-hydrogen) atoms. The summed E-state index contributed by atoms with van der Waals surface area (Å²) in [4.78, 5) is 14.3. The molecule has 4 nitrogen and oxygen atoms in total. The molecule has 0 amide bonds. The minimum Gasteiger partial charge on any atom is -0.463 e. The SMILES string of the molecule is [N-]=[N+]=CC(=O)Cc1cccc2c(-c3ccccc3)coc12. The van der Waals surface area contributed by atoms with Crippen molar-refractivity contribution in [3.05, 3.63) is 65.9 Å². The van der Waals surface area contributed by atoms with Crippen LogP contribution in [0.5, 0.6) is 0 Å². The highest BCUT2D eigenvalue weighted by molar-refractivity contribution is 6.26. The maximum Gasteiger partial charge on any atom is 0.323 e. The third-order valence-corrected chi connectivity index (χ3v) is 3.33. The van der Waals surface area contributed by atoms with E-state index in [2.05, 4.69) is 4.79 Å². The van der Waals surface area contributed by atoms with E-state index in [1.165, 1.54) is 0 Å². The summed E-state index contributed by atoms with van der Waals surface area (Å²) in [7, 11) is 0. The van der Waals surface area contributed by atoms with Gasteiger partial charge in [0, 0.05) is 22.9 Å². The molecule has 3 rings (SSSR count). The van der Waals surface area contributed by atoms with Gasteiger partial charge in [0.05, 0.1) is 6.26 Å². The van der Waals surface area contributed by atoms with Gasteiger partial charge < -0.3 is 9.95 Å². The molecule has 0 unspecified atom stereocenters. The van der Waals surface area contributed by atoms with Gasteiger partial charge in [0.25, 0.3) is 0 Å². The smallest absolute Gasteiger partial charge is 0.323 e. The molecule has 0 saturated heterocycles. The third-order valence-electron chi connectivity index (χ3n) is 3.33. The van der Waals surface area contributed by atoms with Crippen molar-refractivity contribution < 1.29 is 14.0 Å². The molecule has 102 valence electrons. The normalized spacial score (nSPS) is 10.3. The fraction of sp³-hybridized carbons (Fsp3) is 0.0588. The van der Waals surface area contributed by atoms with Crippen molar-refractivity contribution in [2.24, 2.45) is 0 Å². The number of carbonyl (C=O) groups is 1. The zero-order chi connectivity index (χ0) is 14.7. The number of nitrogens with zero attached hydrogens (tertiary/aromatic N) is 2. The topological polar surface area (TPSA) is 66.6 Å². The number of furan rings is 1. The number of fused-ring (bicyclic) bond motifs is 1. The highest BCUT2D eigenvalue weighted by Gasteiger charge is 2.14. The first-order valence-electron chi connectivity index (χ1n) is 6.54. The standard InChI is InChI=1S/C17H12N2O2/c18-19-10-14(20)9-13-7-4-8-15-16(11-21-17(13)15)12-5-2-1-3-6-12/h1-8,10-11H,9H2. The molecule has 0 bridgehead atoms. The molecule has 0 aliphatic rings. The molecule has 0 atom stereocenters. The van der Waals surface area contributed by atoms with E-state index in [1.54, 1.807) is 6.26 Å². The minimum absolute atomic E-state index is 0.142. The van der Waals surface area contributed by atoms with Crippen LogP contribution in [0.25, 0.3) is 27.6 Å². The lowest BCUT2D eigenvalue weighted by Crippen LogP contribution is -2.04. The van der Waals surface area contributed by atoms with E-state index in [9.17, 15) is 4.79 Å². The molecule has 0 radical (unpaired) electrons. The van der Waals surface area contributed by atoms with Crippen molar-refractivity contribution in [2.45, 2.75) is 6.42 Å². The van der Waals surface area contributed by atoms with Gasteiger partial charge in [0.1, 0.15) is 5.58 Å². The number of hydrogen-bond donors (Lipinski definition) is 0. The third kappa shape index (κ3) is 2.53. The number of hydrogen-bond acceptors (Lipinski definition) is 2.